The number of nitrogens with one attached hydrogen (secondary N) is 2. The maximum Gasteiger partial charge on any atom is 0.351 e. The lowest BCUT2D eigenvalue weighted by Crippen LogP contribution is -2.46. The molecular formula is C17H18N2O6. The Labute approximate surface area is 143 Å². The van der Waals surface area contributed by atoms with Gasteiger partial charge >= 0.3 is 11.6 Å². The van der Waals surface area contributed by atoms with Gasteiger partial charge in [-0.05, 0) is 26.0 Å². The van der Waals surface area contributed by atoms with Crippen LogP contribution in [-0.4, -0.2) is 37.0 Å². The van der Waals surface area contributed by atoms with Gasteiger partial charge in [0.1, 0.15) is 17.2 Å². The zero-order valence-electron chi connectivity index (χ0n) is 13.8. The Morgan fingerprint density at radius 3 is 2.68 bits per heavy atom. The largest absolute Gasteiger partial charge is 0.452 e. The van der Waals surface area contributed by atoms with E-state index < -0.39 is 30.2 Å². The van der Waals surface area contributed by atoms with Crippen molar-refractivity contribution in [1.82, 2.24) is 10.6 Å². The summed E-state index contributed by atoms with van der Waals surface area (Å²) in [7, 11) is 0. The summed E-state index contributed by atoms with van der Waals surface area (Å²) in [5.41, 5.74) is -0.805. The standard InChI is InChI=1S/C17H18N2O6/c1-3-18-15(21)10(2)19-14(20)9-24-16(22)12-8-11-6-4-5-7-13(11)25-17(12)23/h4-8,10H,3,9H2,1-2H3,(H,18,21)(H,19,20)/t10-/m0/s1. The zero-order chi connectivity index (χ0) is 18.4. The van der Waals surface area contributed by atoms with E-state index in [1.807, 2.05) is 0 Å². The van der Waals surface area contributed by atoms with Crippen molar-refractivity contribution < 1.29 is 23.5 Å². The predicted octanol–water partition coefficient (Wildman–Crippen LogP) is 0.591. The molecule has 2 rings (SSSR count). The second-order valence-corrected chi connectivity index (χ2v) is 5.25. The number of ether oxygens (including phenoxy) is 1. The van der Waals surface area contributed by atoms with Crippen molar-refractivity contribution in [3.05, 3.63) is 46.3 Å². The van der Waals surface area contributed by atoms with Gasteiger partial charge in [-0.1, -0.05) is 18.2 Å². The van der Waals surface area contributed by atoms with Crippen molar-refractivity contribution in [3.8, 4) is 0 Å². The molecular weight excluding hydrogens is 328 g/mol. The number of benzene rings is 1. The van der Waals surface area contributed by atoms with Crippen LogP contribution >= 0.6 is 0 Å². The molecule has 0 fully saturated rings. The molecule has 0 bridgehead atoms. The molecule has 0 saturated heterocycles. The Morgan fingerprint density at radius 1 is 1.24 bits per heavy atom. The van der Waals surface area contributed by atoms with Crippen LogP contribution in [0.15, 0.2) is 39.5 Å². The Balaban J connectivity index is 1.98. The molecule has 2 aromatic rings. The molecule has 0 aliphatic heterocycles. The molecule has 2 amide bonds. The first kappa shape index (κ1) is 18.2. The molecule has 0 unspecified atom stereocenters. The minimum atomic E-state index is -0.972. The number of rotatable bonds is 6. The van der Waals surface area contributed by atoms with Gasteiger partial charge in [0.2, 0.25) is 5.91 Å². The van der Waals surface area contributed by atoms with E-state index in [1.54, 1.807) is 31.2 Å². The molecule has 25 heavy (non-hydrogen) atoms. The van der Waals surface area contributed by atoms with Crippen LogP contribution in [0.2, 0.25) is 0 Å². The van der Waals surface area contributed by atoms with Gasteiger partial charge < -0.3 is 19.8 Å². The number of esters is 1. The molecule has 1 atom stereocenters. The van der Waals surface area contributed by atoms with Crippen LogP contribution in [0.1, 0.15) is 24.2 Å². The molecule has 1 heterocycles. The summed E-state index contributed by atoms with van der Waals surface area (Å²) >= 11 is 0. The summed E-state index contributed by atoms with van der Waals surface area (Å²) in [6, 6.07) is 7.28. The third kappa shape index (κ3) is 4.66. The van der Waals surface area contributed by atoms with Crippen LogP contribution in [0.5, 0.6) is 0 Å². The third-order valence-corrected chi connectivity index (χ3v) is 3.32. The second kappa shape index (κ2) is 8.09. The number of hydrogen-bond acceptors (Lipinski definition) is 6. The number of likely N-dealkylation sites (N-methyl/N-ethyl adjacent to an activating group) is 1. The van der Waals surface area contributed by atoms with Crippen LogP contribution in [0.4, 0.5) is 0 Å². The Hall–Kier alpha value is -3.16. The quantitative estimate of drug-likeness (QED) is 0.584. The van der Waals surface area contributed by atoms with Crippen LogP contribution in [-0.2, 0) is 14.3 Å². The molecule has 132 valence electrons. The van der Waals surface area contributed by atoms with Crippen LogP contribution in [0.25, 0.3) is 11.0 Å². The summed E-state index contributed by atoms with van der Waals surface area (Å²) < 4.78 is 9.85. The SMILES string of the molecule is CCNC(=O)[C@H](C)NC(=O)COC(=O)c1cc2ccccc2oc1=O. The first-order valence-electron chi connectivity index (χ1n) is 7.69. The van der Waals surface area contributed by atoms with Crippen molar-refractivity contribution in [2.24, 2.45) is 0 Å². The highest BCUT2D eigenvalue weighted by Gasteiger charge is 2.19. The fourth-order valence-corrected chi connectivity index (χ4v) is 2.09. The maximum absolute atomic E-state index is 12.0. The van der Waals surface area contributed by atoms with Crippen molar-refractivity contribution in [2.75, 3.05) is 13.2 Å². The summed E-state index contributed by atoms with van der Waals surface area (Å²) in [4.78, 5) is 47.1. The second-order valence-electron chi connectivity index (χ2n) is 5.25. The minimum Gasteiger partial charge on any atom is -0.452 e. The molecule has 1 aromatic heterocycles. The fourth-order valence-electron chi connectivity index (χ4n) is 2.09. The lowest BCUT2D eigenvalue weighted by molar-refractivity contribution is -0.130. The monoisotopic (exact) mass is 346 g/mol. The summed E-state index contributed by atoms with van der Waals surface area (Å²) in [5.74, 6) is -1.98. The summed E-state index contributed by atoms with van der Waals surface area (Å²) in [6.07, 6.45) is 0. The molecule has 1 aromatic carbocycles. The number of amides is 2. The van der Waals surface area contributed by atoms with Crippen LogP contribution < -0.4 is 16.3 Å². The zero-order valence-corrected chi connectivity index (χ0v) is 13.8. The normalized spacial score (nSPS) is 11.6. The van der Waals surface area contributed by atoms with E-state index in [4.69, 9.17) is 9.15 Å². The van der Waals surface area contributed by atoms with E-state index in [0.29, 0.717) is 17.5 Å². The third-order valence-electron chi connectivity index (χ3n) is 3.32. The number of carbonyl (C=O) groups is 3. The van der Waals surface area contributed by atoms with Crippen molar-refractivity contribution in [1.29, 1.82) is 0 Å². The number of carbonyl (C=O) groups excluding carboxylic acids is 3. The number of para-hydroxylation sites is 1. The number of hydrogen-bond donors (Lipinski definition) is 2. The highest BCUT2D eigenvalue weighted by Crippen LogP contribution is 2.13. The molecule has 0 radical (unpaired) electrons. The molecule has 0 saturated carbocycles. The van der Waals surface area contributed by atoms with Gasteiger partial charge in [-0.3, -0.25) is 9.59 Å². The van der Waals surface area contributed by atoms with E-state index in [0.717, 1.165) is 0 Å². The van der Waals surface area contributed by atoms with Gasteiger partial charge in [0, 0.05) is 11.9 Å². The lowest BCUT2D eigenvalue weighted by Gasteiger charge is -2.13. The molecule has 8 nitrogen and oxygen atoms in total. The molecule has 0 aliphatic rings. The molecule has 8 heteroatoms. The van der Waals surface area contributed by atoms with Gasteiger partial charge in [0.15, 0.2) is 6.61 Å². The molecule has 0 aliphatic carbocycles. The topological polar surface area (TPSA) is 115 Å². The van der Waals surface area contributed by atoms with Gasteiger partial charge in [-0.2, -0.15) is 0 Å². The predicted molar refractivity (Wildman–Crippen MR) is 89.1 cm³/mol. The highest BCUT2D eigenvalue weighted by molar-refractivity contribution is 5.94. The van der Waals surface area contributed by atoms with Crippen LogP contribution in [0, 0.1) is 0 Å². The average molecular weight is 346 g/mol. The van der Waals surface area contributed by atoms with Crippen molar-refractivity contribution >= 4 is 28.8 Å². The fraction of sp³-hybridized carbons (Fsp3) is 0.294. The number of fused-ring (bicyclic) bond motifs is 1. The lowest BCUT2D eigenvalue weighted by atomic mass is 10.2. The van der Waals surface area contributed by atoms with E-state index >= 15 is 0 Å². The van der Waals surface area contributed by atoms with E-state index in [-0.39, 0.29) is 11.5 Å². The Bertz CT molecular complexity index is 858. The average Bonchev–Trinajstić information content (AvgIpc) is 2.59. The first-order chi connectivity index (χ1) is 11.9. The van der Waals surface area contributed by atoms with Gasteiger partial charge in [0.25, 0.3) is 5.91 Å². The van der Waals surface area contributed by atoms with Gasteiger partial charge in [0.05, 0.1) is 0 Å². The minimum absolute atomic E-state index is 0.303. The smallest absolute Gasteiger partial charge is 0.351 e. The van der Waals surface area contributed by atoms with Crippen molar-refractivity contribution in [3.63, 3.8) is 0 Å². The Kier molecular flexibility index (Phi) is 5.89. The van der Waals surface area contributed by atoms with Gasteiger partial charge in [-0.25, -0.2) is 9.59 Å². The van der Waals surface area contributed by atoms with E-state index in [2.05, 4.69) is 10.6 Å². The van der Waals surface area contributed by atoms with E-state index in [1.165, 1.54) is 13.0 Å². The Morgan fingerprint density at radius 2 is 1.96 bits per heavy atom. The molecule has 0 spiro atoms. The van der Waals surface area contributed by atoms with Crippen molar-refractivity contribution in [2.45, 2.75) is 19.9 Å². The maximum atomic E-state index is 12.0. The first-order valence-corrected chi connectivity index (χ1v) is 7.69. The van der Waals surface area contributed by atoms with E-state index in [9.17, 15) is 19.2 Å². The molecule has 2 N–H and O–H groups in total. The highest BCUT2D eigenvalue weighted by atomic mass is 16.5. The summed E-state index contributed by atoms with van der Waals surface area (Å²) in [5, 5.41) is 5.50. The summed E-state index contributed by atoms with van der Waals surface area (Å²) in [6.45, 7) is 3.08. The van der Waals surface area contributed by atoms with Crippen LogP contribution in [0.3, 0.4) is 0 Å². The van der Waals surface area contributed by atoms with Gasteiger partial charge in [-0.15, -0.1) is 0 Å².